The number of carbonyl (C=O) groups is 1. The lowest BCUT2D eigenvalue weighted by molar-refractivity contribution is 0.102. The maximum absolute atomic E-state index is 13.4. The van der Waals surface area contributed by atoms with Gasteiger partial charge in [-0.1, -0.05) is 35.6 Å². The molecule has 0 saturated heterocycles. The molecule has 134 valence electrons. The smallest absolute Gasteiger partial charge is 0.258 e. The van der Waals surface area contributed by atoms with Gasteiger partial charge in [0.1, 0.15) is 5.82 Å². The number of amides is 1. The Morgan fingerprint density at radius 2 is 1.96 bits per heavy atom. The van der Waals surface area contributed by atoms with Crippen LogP contribution < -0.4 is 10.9 Å². The molecular formula is C20H14FN3O2S. The van der Waals surface area contributed by atoms with Gasteiger partial charge in [-0.25, -0.2) is 9.37 Å². The van der Waals surface area contributed by atoms with Gasteiger partial charge in [-0.3, -0.25) is 14.9 Å². The van der Waals surface area contributed by atoms with Gasteiger partial charge in [0.15, 0.2) is 5.13 Å². The summed E-state index contributed by atoms with van der Waals surface area (Å²) in [7, 11) is 0. The van der Waals surface area contributed by atoms with E-state index in [1.807, 2.05) is 24.3 Å². The van der Waals surface area contributed by atoms with Gasteiger partial charge in [-0.2, -0.15) is 0 Å². The van der Waals surface area contributed by atoms with Crippen LogP contribution in [0.5, 0.6) is 0 Å². The fraction of sp³-hybridized carbons (Fsp3) is 0.0500. The predicted octanol–water partition coefficient (Wildman–Crippen LogP) is 3.90. The first-order chi connectivity index (χ1) is 13.1. The number of aromatic nitrogens is 2. The average Bonchev–Trinajstić information content (AvgIpc) is 3.05. The van der Waals surface area contributed by atoms with Crippen LogP contribution in [0.25, 0.3) is 10.2 Å². The van der Waals surface area contributed by atoms with Crippen molar-refractivity contribution in [3.63, 3.8) is 0 Å². The lowest BCUT2D eigenvalue weighted by Gasteiger charge is -2.08. The Balaban J connectivity index is 1.57. The second-order valence-corrected chi connectivity index (χ2v) is 6.99. The Labute approximate surface area is 157 Å². The van der Waals surface area contributed by atoms with Crippen LogP contribution in [-0.4, -0.2) is 15.5 Å². The number of nitrogens with one attached hydrogen (secondary N) is 1. The molecule has 1 N–H and O–H groups in total. The van der Waals surface area contributed by atoms with E-state index in [1.54, 1.807) is 12.1 Å². The fourth-order valence-electron chi connectivity index (χ4n) is 2.72. The Bertz CT molecular complexity index is 1170. The number of halogens is 1. The van der Waals surface area contributed by atoms with Gasteiger partial charge in [-0.15, -0.1) is 0 Å². The normalized spacial score (nSPS) is 10.9. The van der Waals surface area contributed by atoms with Crippen LogP contribution in [0.4, 0.5) is 9.52 Å². The highest BCUT2D eigenvalue weighted by molar-refractivity contribution is 7.22. The highest BCUT2D eigenvalue weighted by Gasteiger charge is 2.11. The molecule has 1 amide bonds. The van der Waals surface area contributed by atoms with E-state index in [9.17, 15) is 14.0 Å². The Kier molecular flexibility index (Phi) is 4.52. The summed E-state index contributed by atoms with van der Waals surface area (Å²) in [6.07, 6.45) is 1.47. The van der Waals surface area contributed by atoms with Gasteiger partial charge in [-0.05, 0) is 35.9 Å². The van der Waals surface area contributed by atoms with Crippen molar-refractivity contribution in [1.29, 1.82) is 0 Å². The Morgan fingerprint density at radius 3 is 2.78 bits per heavy atom. The van der Waals surface area contributed by atoms with E-state index < -0.39 is 0 Å². The van der Waals surface area contributed by atoms with Crippen molar-refractivity contribution in [1.82, 2.24) is 9.55 Å². The number of pyridine rings is 1. The lowest BCUT2D eigenvalue weighted by Crippen LogP contribution is -2.22. The molecule has 0 spiro atoms. The Morgan fingerprint density at radius 1 is 1.11 bits per heavy atom. The number of carbonyl (C=O) groups excluding carboxylic acids is 1. The largest absolute Gasteiger partial charge is 0.310 e. The summed E-state index contributed by atoms with van der Waals surface area (Å²) in [4.78, 5) is 29.0. The van der Waals surface area contributed by atoms with E-state index in [0.717, 1.165) is 10.2 Å². The number of nitrogens with zero attached hydrogens (tertiary/aromatic N) is 2. The number of anilines is 1. The van der Waals surface area contributed by atoms with E-state index >= 15 is 0 Å². The zero-order valence-electron chi connectivity index (χ0n) is 14.1. The van der Waals surface area contributed by atoms with Gasteiger partial charge in [0.05, 0.1) is 22.3 Å². The molecule has 0 bridgehead atoms. The monoisotopic (exact) mass is 379 g/mol. The van der Waals surface area contributed by atoms with Gasteiger partial charge >= 0.3 is 0 Å². The van der Waals surface area contributed by atoms with Gasteiger partial charge < -0.3 is 4.57 Å². The molecule has 7 heteroatoms. The molecule has 4 aromatic rings. The van der Waals surface area contributed by atoms with Crippen LogP contribution in [0.2, 0.25) is 0 Å². The van der Waals surface area contributed by atoms with Gasteiger partial charge in [0.25, 0.3) is 11.5 Å². The van der Waals surface area contributed by atoms with Crippen molar-refractivity contribution < 1.29 is 9.18 Å². The third kappa shape index (κ3) is 3.78. The number of fused-ring (bicyclic) bond motifs is 1. The summed E-state index contributed by atoms with van der Waals surface area (Å²) in [6.45, 7) is 0.179. The molecule has 0 unspecified atom stereocenters. The van der Waals surface area contributed by atoms with Crippen LogP contribution in [0.1, 0.15) is 15.9 Å². The molecule has 2 aromatic carbocycles. The van der Waals surface area contributed by atoms with Crippen molar-refractivity contribution >= 4 is 32.6 Å². The van der Waals surface area contributed by atoms with Crippen LogP contribution >= 0.6 is 11.3 Å². The molecule has 0 fully saturated rings. The SMILES string of the molecule is O=C(Nc1nc2ccccc2s1)c1ccc(=O)n(Cc2cccc(F)c2)c1. The topological polar surface area (TPSA) is 64.0 Å². The van der Waals surface area contributed by atoms with Gasteiger partial charge in [0, 0.05) is 12.3 Å². The summed E-state index contributed by atoms with van der Waals surface area (Å²) in [6, 6.07) is 16.4. The van der Waals surface area contributed by atoms with Gasteiger partial charge in [0.2, 0.25) is 0 Å². The summed E-state index contributed by atoms with van der Waals surface area (Å²) in [5.74, 6) is -0.729. The summed E-state index contributed by atoms with van der Waals surface area (Å²) in [5.41, 5.74) is 1.51. The molecule has 5 nitrogen and oxygen atoms in total. The number of hydrogen-bond donors (Lipinski definition) is 1. The third-order valence-electron chi connectivity index (χ3n) is 4.00. The number of para-hydroxylation sites is 1. The minimum atomic E-state index is -0.370. The van der Waals surface area contributed by atoms with E-state index in [-0.39, 0.29) is 23.8 Å². The molecule has 0 radical (unpaired) electrons. The van der Waals surface area contributed by atoms with E-state index in [1.165, 1.54) is 46.4 Å². The first kappa shape index (κ1) is 17.1. The highest BCUT2D eigenvalue weighted by atomic mass is 32.1. The highest BCUT2D eigenvalue weighted by Crippen LogP contribution is 2.25. The average molecular weight is 379 g/mol. The van der Waals surface area contributed by atoms with Crippen molar-refractivity contribution in [3.05, 3.63) is 94.2 Å². The number of benzene rings is 2. The molecule has 27 heavy (non-hydrogen) atoms. The minimum Gasteiger partial charge on any atom is -0.310 e. The Hall–Kier alpha value is -3.32. The zero-order valence-corrected chi connectivity index (χ0v) is 14.9. The molecule has 2 heterocycles. The minimum absolute atomic E-state index is 0.179. The lowest BCUT2D eigenvalue weighted by atomic mass is 10.2. The van der Waals surface area contributed by atoms with Crippen molar-refractivity contribution in [2.75, 3.05) is 5.32 Å². The maximum atomic E-state index is 13.4. The predicted molar refractivity (Wildman–Crippen MR) is 104 cm³/mol. The van der Waals surface area contributed by atoms with Crippen LogP contribution in [0, 0.1) is 5.82 Å². The first-order valence-corrected chi connectivity index (χ1v) is 9.02. The number of hydrogen-bond acceptors (Lipinski definition) is 4. The molecule has 0 saturated carbocycles. The molecule has 0 atom stereocenters. The zero-order chi connectivity index (χ0) is 18.8. The second kappa shape index (κ2) is 7.13. The molecule has 2 aromatic heterocycles. The molecule has 0 aliphatic rings. The number of rotatable bonds is 4. The van der Waals surface area contributed by atoms with E-state index in [4.69, 9.17) is 0 Å². The first-order valence-electron chi connectivity index (χ1n) is 8.20. The quantitative estimate of drug-likeness (QED) is 0.585. The van der Waals surface area contributed by atoms with Crippen LogP contribution in [0.3, 0.4) is 0 Å². The summed E-state index contributed by atoms with van der Waals surface area (Å²) in [5, 5.41) is 3.25. The third-order valence-corrected chi connectivity index (χ3v) is 4.95. The van der Waals surface area contributed by atoms with E-state index in [2.05, 4.69) is 10.3 Å². The molecular weight excluding hydrogens is 365 g/mol. The van der Waals surface area contributed by atoms with E-state index in [0.29, 0.717) is 16.3 Å². The maximum Gasteiger partial charge on any atom is 0.258 e. The summed E-state index contributed by atoms with van der Waals surface area (Å²) < 4.78 is 15.7. The standard InChI is InChI=1S/C20H14FN3O2S/c21-15-5-3-4-13(10-15)11-24-12-14(8-9-18(24)25)19(26)23-20-22-16-6-1-2-7-17(16)27-20/h1-10,12H,11H2,(H,22,23,26). The van der Waals surface area contributed by atoms with Crippen LogP contribution in [0.15, 0.2) is 71.7 Å². The van der Waals surface area contributed by atoms with Crippen molar-refractivity contribution in [2.45, 2.75) is 6.54 Å². The van der Waals surface area contributed by atoms with Crippen LogP contribution in [-0.2, 0) is 6.54 Å². The molecule has 0 aliphatic carbocycles. The van der Waals surface area contributed by atoms with Crippen molar-refractivity contribution in [2.24, 2.45) is 0 Å². The number of thiazole rings is 1. The fourth-order valence-corrected chi connectivity index (χ4v) is 3.58. The second-order valence-electron chi connectivity index (χ2n) is 5.95. The molecule has 4 rings (SSSR count). The molecule has 0 aliphatic heterocycles. The summed E-state index contributed by atoms with van der Waals surface area (Å²) >= 11 is 1.38. The van der Waals surface area contributed by atoms with Crippen molar-refractivity contribution in [3.8, 4) is 0 Å².